The van der Waals surface area contributed by atoms with Gasteiger partial charge in [-0.15, -0.1) is 0 Å². The summed E-state index contributed by atoms with van der Waals surface area (Å²) >= 11 is 3.42. The van der Waals surface area contributed by atoms with Crippen molar-refractivity contribution in [2.24, 2.45) is 11.7 Å². The zero-order chi connectivity index (χ0) is 14.3. The van der Waals surface area contributed by atoms with Crippen molar-refractivity contribution in [2.45, 2.75) is 32.6 Å². The van der Waals surface area contributed by atoms with Crippen molar-refractivity contribution in [1.29, 1.82) is 0 Å². The van der Waals surface area contributed by atoms with Crippen molar-refractivity contribution in [3.05, 3.63) is 28.2 Å². The maximum atomic E-state index is 12.0. The Balaban J connectivity index is 2.54. The van der Waals surface area contributed by atoms with Crippen LogP contribution in [0.3, 0.4) is 0 Å². The molecule has 3 nitrogen and oxygen atoms in total. The summed E-state index contributed by atoms with van der Waals surface area (Å²) in [6.45, 7) is 2.83. The average Bonchev–Trinajstić information content (AvgIpc) is 2.37. The van der Waals surface area contributed by atoms with E-state index in [-0.39, 0.29) is 5.78 Å². The largest absolute Gasteiger partial charge is 0.496 e. The van der Waals surface area contributed by atoms with Crippen molar-refractivity contribution in [3.8, 4) is 5.75 Å². The van der Waals surface area contributed by atoms with Gasteiger partial charge in [-0.3, -0.25) is 4.79 Å². The number of Topliss-reactive ketones (excluding diaryl/α,β-unsaturated/α-hetero) is 1. The summed E-state index contributed by atoms with van der Waals surface area (Å²) in [5, 5.41) is 0. The van der Waals surface area contributed by atoms with Crippen LogP contribution in [0.25, 0.3) is 0 Å². The number of hydrogen-bond acceptors (Lipinski definition) is 3. The van der Waals surface area contributed by atoms with Gasteiger partial charge in [-0.05, 0) is 43.5 Å². The molecule has 0 aliphatic carbocycles. The summed E-state index contributed by atoms with van der Waals surface area (Å²) in [4.78, 5) is 12.0. The summed E-state index contributed by atoms with van der Waals surface area (Å²) in [6.07, 6.45) is 2.93. The van der Waals surface area contributed by atoms with Crippen LogP contribution in [0.2, 0.25) is 0 Å². The number of hydrogen-bond donors (Lipinski definition) is 1. The van der Waals surface area contributed by atoms with Crippen molar-refractivity contribution >= 4 is 21.7 Å². The third-order valence-corrected chi connectivity index (χ3v) is 3.70. The van der Waals surface area contributed by atoms with E-state index in [2.05, 4.69) is 22.9 Å². The zero-order valence-electron chi connectivity index (χ0n) is 11.6. The Labute approximate surface area is 123 Å². The summed E-state index contributed by atoms with van der Waals surface area (Å²) in [5.41, 5.74) is 6.45. The first-order valence-corrected chi connectivity index (χ1v) is 7.40. The Hall–Kier alpha value is -0.870. The Morgan fingerprint density at radius 2 is 2.16 bits per heavy atom. The van der Waals surface area contributed by atoms with E-state index in [4.69, 9.17) is 10.5 Å². The standard InChI is InChI=1S/C15H22BrNO2/c1-11(7-8-17)3-5-14(18)10-12-9-13(16)4-6-15(12)19-2/h4,6,9,11H,3,5,7-8,10,17H2,1-2H3. The van der Waals surface area contributed by atoms with Crippen LogP contribution < -0.4 is 10.5 Å². The smallest absolute Gasteiger partial charge is 0.137 e. The predicted molar refractivity (Wildman–Crippen MR) is 81.5 cm³/mol. The summed E-state index contributed by atoms with van der Waals surface area (Å²) in [5.74, 6) is 1.53. The van der Waals surface area contributed by atoms with Crippen LogP contribution >= 0.6 is 15.9 Å². The fourth-order valence-corrected chi connectivity index (χ4v) is 2.43. The first-order chi connectivity index (χ1) is 9.06. The lowest BCUT2D eigenvalue weighted by atomic mass is 9.97. The highest BCUT2D eigenvalue weighted by Gasteiger charge is 2.11. The molecule has 0 spiro atoms. The second kappa shape index (κ2) is 8.33. The van der Waals surface area contributed by atoms with E-state index in [1.54, 1.807) is 7.11 Å². The molecule has 0 saturated heterocycles. The van der Waals surface area contributed by atoms with E-state index >= 15 is 0 Å². The highest BCUT2D eigenvalue weighted by atomic mass is 79.9. The average molecular weight is 328 g/mol. The third kappa shape index (κ3) is 5.74. The van der Waals surface area contributed by atoms with E-state index in [0.29, 0.717) is 25.3 Å². The first kappa shape index (κ1) is 16.2. The monoisotopic (exact) mass is 327 g/mol. The van der Waals surface area contributed by atoms with E-state index < -0.39 is 0 Å². The molecule has 1 unspecified atom stereocenters. The molecule has 0 aliphatic heterocycles. The Morgan fingerprint density at radius 3 is 2.79 bits per heavy atom. The van der Waals surface area contributed by atoms with Crippen LogP contribution in [0.4, 0.5) is 0 Å². The van der Waals surface area contributed by atoms with Crippen LogP contribution in [0.1, 0.15) is 31.7 Å². The number of nitrogens with two attached hydrogens (primary N) is 1. The minimum Gasteiger partial charge on any atom is -0.496 e. The molecule has 0 bridgehead atoms. The van der Waals surface area contributed by atoms with Gasteiger partial charge >= 0.3 is 0 Å². The second-order valence-electron chi connectivity index (χ2n) is 4.89. The molecule has 0 amide bonds. The molecule has 4 heteroatoms. The lowest BCUT2D eigenvalue weighted by Crippen LogP contribution is -2.09. The lowest BCUT2D eigenvalue weighted by molar-refractivity contribution is -0.118. The van der Waals surface area contributed by atoms with Gasteiger partial charge in [-0.1, -0.05) is 22.9 Å². The van der Waals surface area contributed by atoms with E-state index in [9.17, 15) is 4.79 Å². The maximum absolute atomic E-state index is 12.0. The molecule has 1 aromatic rings. The van der Waals surface area contributed by atoms with Crippen LogP contribution in [0.15, 0.2) is 22.7 Å². The number of benzene rings is 1. The van der Waals surface area contributed by atoms with E-state index in [1.165, 1.54) is 0 Å². The minimum atomic E-state index is 0.250. The van der Waals surface area contributed by atoms with Gasteiger partial charge in [0.05, 0.1) is 7.11 Å². The normalized spacial score (nSPS) is 12.2. The summed E-state index contributed by atoms with van der Waals surface area (Å²) < 4.78 is 6.24. The molecule has 106 valence electrons. The van der Waals surface area contributed by atoms with Gasteiger partial charge in [0, 0.05) is 22.9 Å². The summed E-state index contributed by atoms with van der Waals surface area (Å²) in [6, 6.07) is 5.74. The van der Waals surface area contributed by atoms with Gasteiger partial charge < -0.3 is 10.5 Å². The molecule has 0 radical (unpaired) electrons. The zero-order valence-corrected chi connectivity index (χ0v) is 13.2. The van der Waals surface area contributed by atoms with Crippen LogP contribution in [0, 0.1) is 5.92 Å². The molecule has 1 rings (SSSR count). The van der Waals surface area contributed by atoms with Gasteiger partial charge in [-0.2, -0.15) is 0 Å². The highest BCUT2D eigenvalue weighted by Crippen LogP contribution is 2.24. The molecule has 19 heavy (non-hydrogen) atoms. The second-order valence-corrected chi connectivity index (χ2v) is 5.81. The topological polar surface area (TPSA) is 52.3 Å². The van der Waals surface area contributed by atoms with Crippen molar-refractivity contribution in [3.63, 3.8) is 0 Å². The molecule has 0 saturated carbocycles. The molecule has 1 aromatic carbocycles. The molecule has 0 aliphatic rings. The molecule has 0 aromatic heterocycles. The van der Waals surface area contributed by atoms with Crippen molar-refractivity contribution in [1.82, 2.24) is 0 Å². The Kier molecular flexibility index (Phi) is 7.10. The fraction of sp³-hybridized carbons (Fsp3) is 0.533. The SMILES string of the molecule is COc1ccc(Br)cc1CC(=O)CCC(C)CCN. The molecule has 1 atom stereocenters. The first-order valence-electron chi connectivity index (χ1n) is 6.61. The highest BCUT2D eigenvalue weighted by molar-refractivity contribution is 9.10. The predicted octanol–water partition coefficient (Wildman–Crippen LogP) is 3.33. The molecular weight excluding hydrogens is 306 g/mol. The fourth-order valence-electron chi connectivity index (χ4n) is 2.02. The number of carbonyl (C=O) groups excluding carboxylic acids is 1. The van der Waals surface area contributed by atoms with Gasteiger partial charge in [0.1, 0.15) is 11.5 Å². The van der Waals surface area contributed by atoms with E-state index in [0.717, 1.165) is 28.6 Å². The molecule has 2 N–H and O–H groups in total. The van der Waals surface area contributed by atoms with Crippen LogP contribution in [0.5, 0.6) is 5.75 Å². The lowest BCUT2D eigenvalue weighted by Gasteiger charge is -2.11. The Bertz CT molecular complexity index is 421. The molecular formula is C15H22BrNO2. The van der Waals surface area contributed by atoms with Gasteiger partial charge in [-0.25, -0.2) is 0 Å². The number of carbonyl (C=O) groups is 1. The van der Waals surface area contributed by atoms with E-state index in [1.807, 2.05) is 18.2 Å². The van der Waals surface area contributed by atoms with Crippen LogP contribution in [-0.4, -0.2) is 19.4 Å². The van der Waals surface area contributed by atoms with Gasteiger partial charge in [0.2, 0.25) is 0 Å². The van der Waals surface area contributed by atoms with Crippen molar-refractivity contribution in [2.75, 3.05) is 13.7 Å². The number of ether oxygens (including phenoxy) is 1. The van der Waals surface area contributed by atoms with Crippen LogP contribution in [-0.2, 0) is 11.2 Å². The maximum Gasteiger partial charge on any atom is 0.137 e. The van der Waals surface area contributed by atoms with Crippen molar-refractivity contribution < 1.29 is 9.53 Å². The minimum absolute atomic E-state index is 0.250. The number of ketones is 1. The van der Waals surface area contributed by atoms with Gasteiger partial charge in [0.25, 0.3) is 0 Å². The quantitative estimate of drug-likeness (QED) is 0.796. The molecule has 0 fully saturated rings. The third-order valence-electron chi connectivity index (χ3n) is 3.21. The summed E-state index contributed by atoms with van der Waals surface area (Å²) in [7, 11) is 1.63. The Morgan fingerprint density at radius 1 is 1.42 bits per heavy atom. The van der Waals surface area contributed by atoms with Gasteiger partial charge in [0.15, 0.2) is 0 Å². The molecule has 0 heterocycles. The number of methoxy groups -OCH3 is 1. The number of halogens is 1. The number of rotatable bonds is 8.